The predicted octanol–water partition coefficient (Wildman–Crippen LogP) is 8.58. The summed E-state index contributed by atoms with van der Waals surface area (Å²) in [5.74, 6) is 6.48. The zero-order valence-corrected chi connectivity index (χ0v) is 22.1. The van der Waals surface area contributed by atoms with Crippen LogP contribution in [0.2, 0.25) is 0 Å². The third-order valence-electron chi connectivity index (χ3n) is 8.54. The molecule has 4 saturated carbocycles. The van der Waals surface area contributed by atoms with Crippen LogP contribution in [0.25, 0.3) is 26.5 Å². The van der Waals surface area contributed by atoms with Crippen molar-refractivity contribution in [1.82, 2.24) is 4.98 Å². The molecule has 5 heteroatoms. The summed E-state index contributed by atoms with van der Waals surface area (Å²) in [6, 6.07) is 22.4. The van der Waals surface area contributed by atoms with E-state index in [9.17, 15) is 0 Å². The Morgan fingerprint density at radius 2 is 1.49 bits per heavy atom. The average molecular weight is 510 g/mol. The maximum absolute atomic E-state index is 6.51. The molecule has 4 fully saturated rings. The van der Waals surface area contributed by atoms with Crippen molar-refractivity contribution in [2.75, 3.05) is 14.2 Å². The molecule has 1 heterocycles. The van der Waals surface area contributed by atoms with E-state index >= 15 is 0 Å². The SMILES string of the molecule is COC(=C1C2CC3CC(C2)CC1C3)c1cccc(Oc2ccccc2)c1-c1nc2c(OC)cccc2s1. The third-order valence-corrected chi connectivity index (χ3v) is 9.58. The molecular formula is C32H31NO3S. The number of para-hydroxylation sites is 2. The van der Waals surface area contributed by atoms with E-state index in [0.29, 0.717) is 11.8 Å². The largest absolute Gasteiger partial charge is 0.496 e. The topological polar surface area (TPSA) is 40.6 Å². The van der Waals surface area contributed by atoms with E-state index in [-0.39, 0.29) is 0 Å². The van der Waals surface area contributed by atoms with E-state index in [0.717, 1.165) is 61.2 Å². The molecule has 0 unspecified atom stereocenters. The zero-order chi connectivity index (χ0) is 24.9. The van der Waals surface area contributed by atoms with Crippen LogP contribution in [0.4, 0.5) is 0 Å². The molecule has 0 N–H and O–H groups in total. The number of hydrogen-bond acceptors (Lipinski definition) is 5. The second-order valence-corrected chi connectivity index (χ2v) is 11.7. The van der Waals surface area contributed by atoms with Gasteiger partial charge in [-0.3, -0.25) is 0 Å². The molecule has 8 rings (SSSR count). The Labute approximate surface area is 221 Å². The Kier molecular flexibility index (Phi) is 5.69. The fraction of sp³-hybridized carbons (Fsp3) is 0.344. The molecule has 3 aromatic carbocycles. The van der Waals surface area contributed by atoms with E-state index < -0.39 is 0 Å². The number of aromatic nitrogens is 1. The summed E-state index contributed by atoms with van der Waals surface area (Å²) < 4.78 is 19.6. The lowest BCUT2D eigenvalue weighted by Gasteiger charge is -2.51. The Balaban J connectivity index is 1.44. The van der Waals surface area contributed by atoms with Gasteiger partial charge < -0.3 is 14.2 Å². The van der Waals surface area contributed by atoms with E-state index in [1.807, 2.05) is 55.6 Å². The van der Waals surface area contributed by atoms with Gasteiger partial charge >= 0.3 is 0 Å². The van der Waals surface area contributed by atoms with Gasteiger partial charge in [0.05, 0.1) is 24.5 Å². The van der Waals surface area contributed by atoms with E-state index in [1.54, 1.807) is 18.4 Å². The van der Waals surface area contributed by atoms with Gasteiger partial charge in [-0.05, 0) is 91.7 Å². The summed E-state index contributed by atoms with van der Waals surface area (Å²) in [6.45, 7) is 0. The monoisotopic (exact) mass is 509 g/mol. The first-order valence-corrected chi connectivity index (χ1v) is 14.1. The van der Waals surface area contributed by atoms with Crippen LogP contribution < -0.4 is 9.47 Å². The van der Waals surface area contributed by atoms with E-state index in [2.05, 4.69) is 18.2 Å². The summed E-state index contributed by atoms with van der Waals surface area (Å²) in [4.78, 5) is 5.11. The number of benzene rings is 3. The number of hydrogen-bond donors (Lipinski definition) is 0. The fourth-order valence-electron chi connectivity index (χ4n) is 7.28. The molecule has 4 bridgehead atoms. The number of rotatable bonds is 6. The molecule has 37 heavy (non-hydrogen) atoms. The Bertz CT molecular complexity index is 1460. The summed E-state index contributed by atoms with van der Waals surface area (Å²) in [7, 11) is 3.54. The molecule has 0 saturated heterocycles. The van der Waals surface area contributed by atoms with Gasteiger partial charge in [0.25, 0.3) is 0 Å². The van der Waals surface area contributed by atoms with Crippen molar-refractivity contribution in [3.05, 3.63) is 77.9 Å². The molecule has 0 aliphatic heterocycles. The van der Waals surface area contributed by atoms with E-state index in [1.165, 1.54) is 37.7 Å². The highest BCUT2D eigenvalue weighted by Crippen LogP contribution is 2.58. The van der Waals surface area contributed by atoms with Crippen molar-refractivity contribution < 1.29 is 14.2 Å². The molecule has 1 aromatic heterocycles. The smallest absolute Gasteiger partial charge is 0.145 e. The molecule has 4 aliphatic rings. The summed E-state index contributed by atoms with van der Waals surface area (Å²) in [6.07, 6.45) is 6.67. The molecule has 0 spiro atoms. The highest BCUT2D eigenvalue weighted by atomic mass is 32.1. The minimum absolute atomic E-state index is 0.633. The van der Waals surface area contributed by atoms with Crippen LogP contribution in [0, 0.1) is 23.7 Å². The van der Waals surface area contributed by atoms with Crippen LogP contribution in [0.3, 0.4) is 0 Å². The van der Waals surface area contributed by atoms with Gasteiger partial charge in [-0.2, -0.15) is 0 Å². The van der Waals surface area contributed by atoms with Crippen molar-refractivity contribution in [1.29, 1.82) is 0 Å². The number of thiazole rings is 1. The molecule has 4 aromatic rings. The van der Waals surface area contributed by atoms with Gasteiger partial charge in [0.15, 0.2) is 0 Å². The normalized spacial score (nSPS) is 23.9. The lowest BCUT2D eigenvalue weighted by Crippen LogP contribution is -2.40. The minimum atomic E-state index is 0.633. The van der Waals surface area contributed by atoms with Gasteiger partial charge in [-0.15, -0.1) is 11.3 Å². The van der Waals surface area contributed by atoms with Crippen LogP contribution in [-0.4, -0.2) is 19.2 Å². The molecule has 0 radical (unpaired) electrons. The Morgan fingerprint density at radius 1 is 0.784 bits per heavy atom. The molecule has 0 atom stereocenters. The number of methoxy groups -OCH3 is 2. The van der Waals surface area contributed by atoms with Crippen LogP contribution in [-0.2, 0) is 4.74 Å². The minimum Gasteiger partial charge on any atom is -0.496 e. The highest BCUT2D eigenvalue weighted by Gasteiger charge is 2.47. The first-order chi connectivity index (χ1) is 18.2. The number of fused-ring (bicyclic) bond motifs is 1. The number of nitrogens with zero attached hydrogens (tertiary/aromatic N) is 1. The maximum atomic E-state index is 6.51. The van der Waals surface area contributed by atoms with Crippen LogP contribution in [0.1, 0.15) is 37.7 Å². The van der Waals surface area contributed by atoms with Crippen molar-refractivity contribution in [3.8, 4) is 27.8 Å². The van der Waals surface area contributed by atoms with Gasteiger partial charge in [0.1, 0.15) is 33.5 Å². The van der Waals surface area contributed by atoms with Crippen LogP contribution in [0.5, 0.6) is 17.2 Å². The second kappa shape index (κ2) is 9.21. The van der Waals surface area contributed by atoms with Gasteiger partial charge in [0, 0.05) is 5.56 Å². The third kappa shape index (κ3) is 3.91. The lowest BCUT2D eigenvalue weighted by atomic mass is 9.54. The maximum Gasteiger partial charge on any atom is 0.145 e. The summed E-state index contributed by atoms with van der Waals surface area (Å²) >= 11 is 1.67. The molecule has 4 nitrogen and oxygen atoms in total. The van der Waals surface area contributed by atoms with Crippen molar-refractivity contribution >= 4 is 27.3 Å². The number of ether oxygens (including phenoxy) is 3. The second-order valence-electron chi connectivity index (χ2n) is 10.7. The zero-order valence-electron chi connectivity index (χ0n) is 21.3. The van der Waals surface area contributed by atoms with Gasteiger partial charge in [-0.25, -0.2) is 4.98 Å². The van der Waals surface area contributed by atoms with Crippen molar-refractivity contribution in [2.24, 2.45) is 23.7 Å². The standard InChI is InChI=1S/C32H31NO3S/c1-34-26-12-7-13-27-30(26)33-32(37-27)29-24(10-6-11-25(29)36-23-8-4-3-5-9-23)31(35-2)28-21-15-19-14-20(17-21)18-22(28)16-19/h3-13,19-22H,14-18H2,1-2H3. The lowest BCUT2D eigenvalue weighted by molar-refractivity contribution is 0.0675. The molecule has 0 amide bonds. The fourth-order valence-corrected chi connectivity index (χ4v) is 8.33. The quantitative estimate of drug-likeness (QED) is 0.244. The number of allylic oxidation sites excluding steroid dienone is 1. The first-order valence-electron chi connectivity index (χ1n) is 13.3. The van der Waals surface area contributed by atoms with Crippen LogP contribution in [0.15, 0.2) is 72.3 Å². The van der Waals surface area contributed by atoms with Crippen molar-refractivity contribution in [2.45, 2.75) is 32.1 Å². The van der Waals surface area contributed by atoms with Gasteiger partial charge in [0.2, 0.25) is 0 Å². The predicted molar refractivity (Wildman–Crippen MR) is 149 cm³/mol. The summed E-state index contributed by atoms with van der Waals surface area (Å²) in [5.41, 5.74) is 4.49. The molecule has 4 aliphatic carbocycles. The summed E-state index contributed by atoms with van der Waals surface area (Å²) in [5, 5.41) is 0.917. The average Bonchev–Trinajstić information content (AvgIpc) is 3.35. The van der Waals surface area contributed by atoms with E-state index in [4.69, 9.17) is 19.2 Å². The Morgan fingerprint density at radius 3 is 2.19 bits per heavy atom. The molecule has 188 valence electrons. The first kappa shape index (κ1) is 22.9. The van der Waals surface area contributed by atoms with Crippen LogP contribution >= 0.6 is 11.3 Å². The highest BCUT2D eigenvalue weighted by molar-refractivity contribution is 7.21. The van der Waals surface area contributed by atoms with Crippen molar-refractivity contribution in [3.63, 3.8) is 0 Å². The van der Waals surface area contributed by atoms with Gasteiger partial charge in [-0.1, -0.05) is 36.4 Å². The Hall–Kier alpha value is -3.31. The molecular weight excluding hydrogens is 478 g/mol.